The first kappa shape index (κ1) is 16.7. The van der Waals surface area contributed by atoms with Crippen LogP contribution in [0.4, 0.5) is 0 Å². The average Bonchev–Trinajstić information content (AvgIpc) is 3.10. The van der Waals surface area contributed by atoms with Gasteiger partial charge < -0.3 is 14.4 Å². The van der Waals surface area contributed by atoms with Crippen LogP contribution in [-0.4, -0.2) is 37.3 Å². The molecule has 0 saturated carbocycles. The maximum Gasteiger partial charge on any atom is 0.255 e. The van der Waals surface area contributed by atoms with Crippen LogP contribution in [0.5, 0.6) is 11.5 Å². The summed E-state index contributed by atoms with van der Waals surface area (Å²) in [5.74, 6) is 2.48. The summed E-state index contributed by atoms with van der Waals surface area (Å²) in [5.41, 5.74) is 2.76. The van der Waals surface area contributed by atoms with Gasteiger partial charge in [0, 0.05) is 29.5 Å². The molecule has 1 unspecified atom stereocenters. The van der Waals surface area contributed by atoms with E-state index in [1.54, 1.807) is 26.0 Å². The lowest BCUT2D eigenvalue weighted by molar-refractivity contribution is 0.0758. The molecule has 1 fully saturated rings. The van der Waals surface area contributed by atoms with Crippen molar-refractivity contribution in [2.75, 3.05) is 26.5 Å². The number of hydrogen-bond acceptors (Lipinski definition) is 4. The first-order chi connectivity index (χ1) is 11.7. The standard InChI is InChI=1S/C19H21NO3S/c1-13-6-4-5-7-15(13)18(21)20-10-11-24-19(20)16-9-8-14(22-2)12-17(16)23-3/h4-9,12,19H,10-11H2,1-3H3. The van der Waals surface area contributed by atoms with E-state index in [1.807, 2.05) is 54.3 Å². The normalized spacial score (nSPS) is 17.0. The summed E-state index contributed by atoms with van der Waals surface area (Å²) in [6, 6.07) is 13.5. The summed E-state index contributed by atoms with van der Waals surface area (Å²) in [4.78, 5) is 14.9. The third-order valence-corrected chi connectivity index (χ3v) is 5.48. The number of methoxy groups -OCH3 is 2. The number of amides is 1. The second-order valence-electron chi connectivity index (χ2n) is 5.64. The highest BCUT2D eigenvalue weighted by atomic mass is 32.2. The molecule has 0 radical (unpaired) electrons. The number of ether oxygens (including phenoxy) is 2. The fourth-order valence-electron chi connectivity index (χ4n) is 2.93. The number of hydrogen-bond donors (Lipinski definition) is 0. The molecule has 2 aromatic rings. The van der Waals surface area contributed by atoms with E-state index in [0.29, 0.717) is 0 Å². The summed E-state index contributed by atoms with van der Waals surface area (Å²) in [5, 5.41) is -0.0436. The van der Waals surface area contributed by atoms with Crippen LogP contribution < -0.4 is 9.47 Å². The predicted molar refractivity (Wildman–Crippen MR) is 97.0 cm³/mol. The molecule has 4 nitrogen and oxygen atoms in total. The zero-order valence-electron chi connectivity index (χ0n) is 14.1. The van der Waals surface area contributed by atoms with Crippen molar-refractivity contribution >= 4 is 17.7 Å². The predicted octanol–water partition coefficient (Wildman–Crippen LogP) is 3.90. The molecule has 24 heavy (non-hydrogen) atoms. The highest BCUT2D eigenvalue weighted by molar-refractivity contribution is 7.99. The van der Waals surface area contributed by atoms with Gasteiger partial charge in [0.05, 0.1) is 14.2 Å². The SMILES string of the molecule is COc1ccc(C2SCCN2C(=O)c2ccccc2C)c(OC)c1. The molecule has 1 aliphatic rings. The Morgan fingerprint density at radius 3 is 2.67 bits per heavy atom. The highest BCUT2D eigenvalue weighted by Gasteiger charge is 2.33. The first-order valence-electron chi connectivity index (χ1n) is 7.86. The fourth-order valence-corrected chi connectivity index (χ4v) is 4.21. The van der Waals surface area contributed by atoms with E-state index in [9.17, 15) is 4.79 Å². The van der Waals surface area contributed by atoms with E-state index in [2.05, 4.69) is 0 Å². The second kappa shape index (κ2) is 7.18. The minimum Gasteiger partial charge on any atom is -0.497 e. The summed E-state index contributed by atoms with van der Waals surface area (Å²) in [6.45, 7) is 2.71. The van der Waals surface area contributed by atoms with Gasteiger partial charge in [-0.2, -0.15) is 0 Å². The number of aryl methyl sites for hydroxylation is 1. The van der Waals surface area contributed by atoms with Crippen LogP contribution >= 0.6 is 11.8 Å². The molecule has 1 saturated heterocycles. The Kier molecular flexibility index (Phi) is 5.00. The quantitative estimate of drug-likeness (QED) is 0.844. The maximum atomic E-state index is 13.0. The van der Waals surface area contributed by atoms with Crippen molar-refractivity contribution in [1.82, 2.24) is 4.90 Å². The van der Waals surface area contributed by atoms with Crippen LogP contribution in [0, 0.1) is 6.92 Å². The number of carbonyl (C=O) groups excluding carboxylic acids is 1. The average molecular weight is 343 g/mol. The third-order valence-electron chi connectivity index (χ3n) is 4.23. The van der Waals surface area contributed by atoms with Crippen LogP contribution in [-0.2, 0) is 0 Å². The molecule has 0 N–H and O–H groups in total. The zero-order valence-corrected chi connectivity index (χ0v) is 14.9. The topological polar surface area (TPSA) is 38.8 Å². The molecule has 1 heterocycles. The lowest BCUT2D eigenvalue weighted by atomic mass is 10.1. The Hall–Kier alpha value is -2.14. The molecule has 126 valence electrons. The molecule has 2 aromatic carbocycles. The van der Waals surface area contributed by atoms with E-state index < -0.39 is 0 Å². The van der Waals surface area contributed by atoms with E-state index >= 15 is 0 Å². The molecule has 1 aliphatic heterocycles. The number of rotatable bonds is 4. The van der Waals surface area contributed by atoms with Crippen LogP contribution in [0.1, 0.15) is 26.9 Å². The molecular weight excluding hydrogens is 322 g/mol. The van der Waals surface area contributed by atoms with Crippen LogP contribution in [0.2, 0.25) is 0 Å². The van der Waals surface area contributed by atoms with Crippen molar-refractivity contribution in [3.8, 4) is 11.5 Å². The molecule has 0 spiro atoms. The van der Waals surface area contributed by atoms with E-state index in [0.717, 1.165) is 40.5 Å². The Morgan fingerprint density at radius 2 is 1.96 bits per heavy atom. The summed E-state index contributed by atoms with van der Waals surface area (Å²) >= 11 is 1.76. The maximum absolute atomic E-state index is 13.0. The molecule has 1 atom stereocenters. The van der Waals surface area contributed by atoms with Gasteiger partial charge in [-0.05, 0) is 30.7 Å². The summed E-state index contributed by atoms with van der Waals surface area (Å²) in [6.07, 6.45) is 0. The van der Waals surface area contributed by atoms with E-state index in [1.165, 1.54) is 0 Å². The number of nitrogens with zero attached hydrogens (tertiary/aromatic N) is 1. The fraction of sp³-hybridized carbons (Fsp3) is 0.316. The lowest BCUT2D eigenvalue weighted by Gasteiger charge is -2.26. The molecule has 0 aromatic heterocycles. The second-order valence-corrected chi connectivity index (χ2v) is 6.83. The molecule has 5 heteroatoms. The molecule has 3 rings (SSSR count). The first-order valence-corrected chi connectivity index (χ1v) is 8.90. The molecule has 0 bridgehead atoms. The van der Waals surface area contributed by atoms with Gasteiger partial charge in [0.1, 0.15) is 16.9 Å². The minimum atomic E-state index is -0.0436. The van der Waals surface area contributed by atoms with Gasteiger partial charge in [0.2, 0.25) is 0 Å². The monoisotopic (exact) mass is 343 g/mol. The van der Waals surface area contributed by atoms with Gasteiger partial charge in [-0.3, -0.25) is 4.79 Å². The Bertz CT molecular complexity index is 747. The molecule has 1 amide bonds. The van der Waals surface area contributed by atoms with Crippen LogP contribution in [0.15, 0.2) is 42.5 Å². The number of benzene rings is 2. The number of thioether (sulfide) groups is 1. The van der Waals surface area contributed by atoms with Gasteiger partial charge in [0.15, 0.2) is 0 Å². The smallest absolute Gasteiger partial charge is 0.255 e. The van der Waals surface area contributed by atoms with Crippen molar-refractivity contribution in [3.05, 3.63) is 59.2 Å². The van der Waals surface area contributed by atoms with E-state index in [4.69, 9.17) is 9.47 Å². The van der Waals surface area contributed by atoms with Gasteiger partial charge in [-0.1, -0.05) is 18.2 Å². The zero-order chi connectivity index (χ0) is 17.1. The molecule has 0 aliphatic carbocycles. The van der Waals surface area contributed by atoms with Gasteiger partial charge in [-0.25, -0.2) is 0 Å². The largest absolute Gasteiger partial charge is 0.497 e. The third kappa shape index (κ3) is 3.08. The van der Waals surface area contributed by atoms with Crippen molar-refractivity contribution in [1.29, 1.82) is 0 Å². The highest BCUT2D eigenvalue weighted by Crippen LogP contribution is 2.43. The van der Waals surface area contributed by atoms with Crippen molar-refractivity contribution in [2.45, 2.75) is 12.3 Å². The van der Waals surface area contributed by atoms with E-state index in [-0.39, 0.29) is 11.3 Å². The Balaban J connectivity index is 1.94. The minimum absolute atomic E-state index is 0.0436. The number of carbonyl (C=O) groups is 1. The van der Waals surface area contributed by atoms with Crippen LogP contribution in [0.25, 0.3) is 0 Å². The van der Waals surface area contributed by atoms with Gasteiger partial charge in [-0.15, -0.1) is 11.8 Å². The van der Waals surface area contributed by atoms with Crippen molar-refractivity contribution in [3.63, 3.8) is 0 Å². The summed E-state index contributed by atoms with van der Waals surface area (Å²) < 4.78 is 10.8. The summed E-state index contributed by atoms with van der Waals surface area (Å²) in [7, 11) is 3.28. The Labute approximate surface area is 146 Å². The lowest BCUT2D eigenvalue weighted by Crippen LogP contribution is -2.31. The Morgan fingerprint density at radius 1 is 1.17 bits per heavy atom. The molecular formula is C19H21NO3S. The van der Waals surface area contributed by atoms with Crippen molar-refractivity contribution in [2.24, 2.45) is 0 Å². The van der Waals surface area contributed by atoms with Crippen molar-refractivity contribution < 1.29 is 14.3 Å². The van der Waals surface area contributed by atoms with Gasteiger partial charge >= 0.3 is 0 Å². The van der Waals surface area contributed by atoms with Crippen LogP contribution in [0.3, 0.4) is 0 Å². The van der Waals surface area contributed by atoms with Gasteiger partial charge in [0.25, 0.3) is 5.91 Å².